The first-order valence-corrected chi connectivity index (χ1v) is 10.1. The Kier molecular flexibility index (Phi) is 5.56. The molecule has 1 fully saturated rings. The van der Waals surface area contributed by atoms with E-state index in [0.29, 0.717) is 11.4 Å². The van der Waals surface area contributed by atoms with Crippen molar-refractivity contribution in [3.63, 3.8) is 0 Å². The fourth-order valence-electron chi connectivity index (χ4n) is 3.62. The van der Waals surface area contributed by atoms with Gasteiger partial charge in [0.15, 0.2) is 5.17 Å². The van der Waals surface area contributed by atoms with Crippen LogP contribution in [0.3, 0.4) is 0 Å². The highest BCUT2D eigenvalue weighted by atomic mass is 32.2. The fraction of sp³-hybridized carbons (Fsp3) is 0.368. The zero-order valence-electron chi connectivity index (χ0n) is 16.0. The predicted molar refractivity (Wildman–Crippen MR) is 108 cm³/mol. The van der Waals surface area contributed by atoms with Crippen LogP contribution in [0, 0.1) is 11.7 Å². The highest BCUT2D eigenvalue weighted by Crippen LogP contribution is 2.46. The summed E-state index contributed by atoms with van der Waals surface area (Å²) in [6, 6.07) is 4.04. The van der Waals surface area contributed by atoms with Gasteiger partial charge in [-0.05, 0) is 18.2 Å². The number of halogens is 2. The lowest BCUT2D eigenvalue weighted by molar-refractivity contribution is -0.0526. The minimum Gasteiger partial charge on any atom is -0.480 e. The van der Waals surface area contributed by atoms with Crippen LogP contribution in [0.4, 0.5) is 14.5 Å². The Morgan fingerprint density at radius 3 is 2.97 bits per heavy atom. The number of anilines is 1. The summed E-state index contributed by atoms with van der Waals surface area (Å²) in [5, 5.41) is 2.89. The summed E-state index contributed by atoms with van der Waals surface area (Å²) in [7, 11) is 1.44. The summed E-state index contributed by atoms with van der Waals surface area (Å²) in [5.74, 6) is -1.09. The van der Waals surface area contributed by atoms with E-state index in [1.54, 1.807) is 0 Å². The molecule has 2 aliphatic heterocycles. The number of nitrogens with one attached hydrogen (secondary N) is 1. The van der Waals surface area contributed by atoms with Crippen LogP contribution in [-0.2, 0) is 10.3 Å². The molecule has 1 unspecified atom stereocenters. The molecule has 158 valence electrons. The number of amides is 1. The average Bonchev–Trinajstić information content (AvgIpc) is 2.75. The molecule has 2 aromatic rings. The summed E-state index contributed by atoms with van der Waals surface area (Å²) >= 11 is 1.24. The Hall–Kier alpha value is -2.79. The molecule has 11 heteroatoms. The number of nitrogens with zero attached hydrogens (tertiary/aromatic N) is 3. The number of carbonyl (C=O) groups is 1. The van der Waals surface area contributed by atoms with Crippen molar-refractivity contribution in [1.29, 1.82) is 0 Å². The third kappa shape index (κ3) is 3.70. The maximum Gasteiger partial charge on any atom is 0.275 e. The van der Waals surface area contributed by atoms with Crippen LogP contribution in [0.2, 0.25) is 0 Å². The number of carbonyl (C=O) groups excluding carboxylic acids is 1. The Morgan fingerprint density at radius 1 is 1.40 bits per heavy atom. The molecule has 8 nitrogen and oxygen atoms in total. The van der Waals surface area contributed by atoms with Gasteiger partial charge in [0.2, 0.25) is 5.88 Å². The summed E-state index contributed by atoms with van der Waals surface area (Å²) < 4.78 is 39.8. The molecule has 0 spiro atoms. The SMILES string of the molecule is COc1cnc(C(=O)Nc2ccc(F)c([C@]34COC[C@@H](F)C3CSC(N)=N4)c2)cn1. The lowest BCUT2D eigenvalue weighted by Crippen LogP contribution is -2.53. The van der Waals surface area contributed by atoms with E-state index in [9.17, 15) is 13.6 Å². The Morgan fingerprint density at radius 2 is 2.23 bits per heavy atom. The van der Waals surface area contributed by atoms with Gasteiger partial charge in [0.05, 0.1) is 32.7 Å². The number of fused-ring (bicyclic) bond motifs is 1. The summed E-state index contributed by atoms with van der Waals surface area (Å²) in [5.41, 5.74) is 5.08. The molecule has 3 N–H and O–H groups in total. The van der Waals surface area contributed by atoms with E-state index in [0.717, 1.165) is 0 Å². The molecule has 4 rings (SSSR count). The number of hydrogen-bond acceptors (Lipinski definition) is 8. The van der Waals surface area contributed by atoms with E-state index in [-0.39, 0.29) is 35.5 Å². The molecular formula is C19H19F2N5O3S. The van der Waals surface area contributed by atoms with Crippen molar-refractivity contribution in [1.82, 2.24) is 9.97 Å². The van der Waals surface area contributed by atoms with Gasteiger partial charge in [0.1, 0.15) is 23.2 Å². The van der Waals surface area contributed by atoms with Crippen LogP contribution in [0.5, 0.6) is 5.88 Å². The zero-order valence-corrected chi connectivity index (χ0v) is 16.8. The topological polar surface area (TPSA) is 112 Å². The Labute approximate surface area is 175 Å². The second kappa shape index (κ2) is 8.15. The molecule has 0 bridgehead atoms. The molecule has 30 heavy (non-hydrogen) atoms. The van der Waals surface area contributed by atoms with Gasteiger partial charge in [-0.1, -0.05) is 11.8 Å². The maximum atomic E-state index is 14.9. The first-order chi connectivity index (χ1) is 14.4. The molecule has 0 radical (unpaired) electrons. The number of methoxy groups -OCH3 is 1. The number of hydrogen-bond donors (Lipinski definition) is 2. The van der Waals surface area contributed by atoms with Crippen LogP contribution in [0.1, 0.15) is 16.1 Å². The van der Waals surface area contributed by atoms with E-state index in [1.165, 1.54) is 49.5 Å². The first kappa shape index (κ1) is 20.5. The van der Waals surface area contributed by atoms with Gasteiger partial charge in [-0.3, -0.25) is 4.79 Å². The number of thioether (sulfide) groups is 1. The van der Waals surface area contributed by atoms with Gasteiger partial charge in [-0.15, -0.1) is 0 Å². The maximum absolute atomic E-state index is 14.9. The molecule has 3 heterocycles. The van der Waals surface area contributed by atoms with Gasteiger partial charge in [-0.2, -0.15) is 0 Å². The largest absolute Gasteiger partial charge is 0.480 e. The van der Waals surface area contributed by atoms with E-state index in [4.69, 9.17) is 15.2 Å². The van der Waals surface area contributed by atoms with Gasteiger partial charge >= 0.3 is 0 Å². The molecule has 0 aliphatic carbocycles. The second-order valence-electron chi connectivity index (χ2n) is 6.92. The molecule has 1 saturated heterocycles. The van der Waals surface area contributed by atoms with Gasteiger partial charge in [0.25, 0.3) is 5.91 Å². The van der Waals surface area contributed by atoms with Crippen LogP contribution in [0.25, 0.3) is 0 Å². The predicted octanol–water partition coefficient (Wildman–Crippen LogP) is 2.12. The number of nitrogens with two attached hydrogens (primary N) is 1. The number of aliphatic imine (C=N–C) groups is 1. The standard InChI is InChI=1S/C19H19F2N5O3S/c1-28-16-6-23-15(5-24-16)17(27)25-10-2-3-13(20)11(4-10)19-9-29-7-14(21)12(19)8-30-18(22)26-19/h2-6,12,14H,7-9H2,1H3,(H2,22,26)(H,25,27)/t12?,14-,19-/m1/s1. The van der Waals surface area contributed by atoms with Crippen LogP contribution < -0.4 is 15.8 Å². The van der Waals surface area contributed by atoms with E-state index in [2.05, 4.69) is 20.3 Å². The van der Waals surface area contributed by atoms with Crippen LogP contribution in [0.15, 0.2) is 35.6 Å². The zero-order chi connectivity index (χ0) is 21.3. The lowest BCUT2D eigenvalue weighted by Gasteiger charge is -2.45. The number of aromatic nitrogens is 2. The average molecular weight is 435 g/mol. The molecular weight excluding hydrogens is 416 g/mol. The van der Waals surface area contributed by atoms with E-state index < -0.39 is 29.4 Å². The second-order valence-corrected chi connectivity index (χ2v) is 7.96. The van der Waals surface area contributed by atoms with Crippen molar-refractivity contribution in [3.05, 3.63) is 47.7 Å². The third-order valence-corrected chi connectivity index (χ3v) is 6.04. The third-order valence-electron chi connectivity index (χ3n) is 5.13. The molecule has 1 aromatic heterocycles. The van der Waals surface area contributed by atoms with Crippen molar-refractivity contribution in [3.8, 4) is 5.88 Å². The quantitative estimate of drug-likeness (QED) is 0.757. The van der Waals surface area contributed by atoms with Gasteiger partial charge in [-0.25, -0.2) is 23.7 Å². The van der Waals surface area contributed by atoms with Crippen molar-refractivity contribution in [2.45, 2.75) is 11.7 Å². The van der Waals surface area contributed by atoms with Crippen molar-refractivity contribution >= 4 is 28.5 Å². The lowest BCUT2D eigenvalue weighted by atomic mass is 9.75. The van der Waals surface area contributed by atoms with Crippen LogP contribution >= 0.6 is 11.8 Å². The summed E-state index contributed by atoms with van der Waals surface area (Å²) in [4.78, 5) is 24.8. The fourth-order valence-corrected chi connectivity index (χ4v) is 4.68. The van der Waals surface area contributed by atoms with Crippen molar-refractivity contribution in [2.24, 2.45) is 16.6 Å². The van der Waals surface area contributed by atoms with E-state index in [1.807, 2.05) is 0 Å². The Balaban J connectivity index is 1.67. The molecule has 2 aliphatic rings. The van der Waals surface area contributed by atoms with Gasteiger partial charge in [0, 0.05) is 22.9 Å². The number of rotatable bonds is 4. The van der Waals surface area contributed by atoms with E-state index >= 15 is 0 Å². The summed E-state index contributed by atoms with van der Waals surface area (Å²) in [6.45, 7) is -0.0752. The first-order valence-electron chi connectivity index (χ1n) is 9.10. The highest BCUT2D eigenvalue weighted by molar-refractivity contribution is 8.13. The monoisotopic (exact) mass is 435 g/mol. The molecule has 0 saturated carbocycles. The minimum absolute atomic E-state index is 0.00236. The summed E-state index contributed by atoms with van der Waals surface area (Å²) in [6.07, 6.45) is 1.27. The molecule has 1 amide bonds. The van der Waals surface area contributed by atoms with Crippen LogP contribution in [-0.4, -0.2) is 53.3 Å². The van der Waals surface area contributed by atoms with Crippen molar-refractivity contribution < 1.29 is 23.0 Å². The molecule has 3 atom stereocenters. The Bertz CT molecular complexity index is 991. The number of ether oxygens (including phenoxy) is 2. The minimum atomic E-state index is -1.31. The number of amidine groups is 1. The normalized spacial score (nSPS) is 25.8. The van der Waals surface area contributed by atoms with Crippen molar-refractivity contribution in [2.75, 3.05) is 31.4 Å². The smallest absolute Gasteiger partial charge is 0.275 e. The number of alkyl halides is 1. The number of benzene rings is 1. The highest BCUT2D eigenvalue weighted by Gasteiger charge is 2.51. The molecule has 1 aromatic carbocycles. The van der Waals surface area contributed by atoms with Gasteiger partial charge < -0.3 is 20.5 Å².